The third kappa shape index (κ3) is 4.46. The summed E-state index contributed by atoms with van der Waals surface area (Å²) in [7, 11) is 0. The van der Waals surface area contributed by atoms with Gasteiger partial charge in [-0.2, -0.15) is 0 Å². The van der Waals surface area contributed by atoms with Gasteiger partial charge in [0.2, 0.25) is 5.91 Å². The number of thiophene rings is 1. The molecule has 0 radical (unpaired) electrons. The smallest absolute Gasteiger partial charge is 0.225 e. The summed E-state index contributed by atoms with van der Waals surface area (Å²) >= 11 is 1.62. The zero-order valence-corrected chi connectivity index (χ0v) is 16.0. The van der Waals surface area contributed by atoms with E-state index in [1.54, 1.807) is 11.3 Å². The molecule has 3 aromatic rings. The van der Waals surface area contributed by atoms with Gasteiger partial charge >= 0.3 is 0 Å². The molecular formula is C23H23NO2S. The largest absolute Gasteiger partial charge is 0.371 e. The third-order valence-corrected chi connectivity index (χ3v) is 5.87. The number of amides is 1. The Bertz CT molecular complexity index is 876. The maximum absolute atomic E-state index is 12.6. The molecule has 2 aromatic carbocycles. The Hall–Kier alpha value is -2.43. The van der Waals surface area contributed by atoms with Crippen LogP contribution >= 0.6 is 11.3 Å². The number of nitrogens with one attached hydrogen (secondary N) is 1. The Morgan fingerprint density at radius 1 is 1.04 bits per heavy atom. The molecule has 0 fully saturated rings. The molecule has 0 saturated carbocycles. The van der Waals surface area contributed by atoms with E-state index in [0.29, 0.717) is 13.0 Å². The summed E-state index contributed by atoms with van der Waals surface area (Å²) in [6.07, 6.45) is 2.29. The van der Waals surface area contributed by atoms with Crippen LogP contribution in [0.25, 0.3) is 0 Å². The second kappa shape index (κ2) is 8.51. The lowest BCUT2D eigenvalue weighted by atomic mass is 9.85. The van der Waals surface area contributed by atoms with Gasteiger partial charge in [-0.3, -0.25) is 4.79 Å². The number of hydrogen-bond donors (Lipinski definition) is 1. The summed E-state index contributed by atoms with van der Waals surface area (Å²) in [5, 5.41) is 5.25. The first kappa shape index (κ1) is 18.0. The molecule has 27 heavy (non-hydrogen) atoms. The van der Waals surface area contributed by atoms with E-state index in [-0.39, 0.29) is 18.1 Å². The maximum Gasteiger partial charge on any atom is 0.225 e. The van der Waals surface area contributed by atoms with Crippen LogP contribution in [-0.2, 0) is 29.0 Å². The first-order valence-corrected chi connectivity index (χ1v) is 10.2. The van der Waals surface area contributed by atoms with Gasteiger partial charge in [-0.15, -0.1) is 11.3 Å². The number of carbonyl (C=O) groups is 1. The van der Waals surface area contributed by atoms with Gasteiger partial charge < -0.3 is 10.1 Å². The van der Waals surface area contributed by atoms with Crippen LogP contribution in [0.4, 0.5) is 0 Å². The van der Waals surface area contributed by atoms with Crippen LogP contribution < -0.4 is 5.32 Å². The van der Waals surface area contributed by atoms with Crippen molar-refractivity contribution < 1.29 is 9.53 Å². The van der Waals surface area contributed by atoms with E-state index in [1.807, 2.05) is 41.8 Å². The Balaban J connectivity index is 1.50. The molecule has 138 valence electrons. The fourth-order valence-electron chi connectivity index (χ4n) is 3.65. The molecule has 3 nitrogen and oxygen atoms in total. The van der Waals surface area contributed by atoms with Crippen LogP contribution in [0, 0.1) is 0 Å². The predicted octanol–water partition coefficient (Wildman–Crippen LogP) is 4.68. The zero-order valence-electron chi connectivity index (χ0n) is 15.1. The lowest BCUT2D eigenvalue weighted by Gasteiger charge is -2.34. The first-order valence-electron chi connectivity index (χ1n) is 9.34. The summed E-state index contributed by atoms with van der Waals surface area (Å²) in [6.45, 7) is 0.560. The van der Waals surface area contributed by atoms with Crippen LogP contribution in [0.15, 0.2) is 72.1 Å². The van der Waals surface area contributed by atoms with Crippen molar-refractivity contribution in [3.63, 3.8) is 0 Å². The lowest BCUT2D eigenvalue weighted by Crippen LogP contribution is -2.41. The van der Waals surface area contributed by atoms with Crippen LogP contribution in [0.1, 0.15) is 34.0 Å². The molecule has 0 unspecified atom stereocenters. The van der Waals surface area contributed by atoms with E-state index < -0.39 is 0 Å². The van der Waals surface area contributed by atoms with E-state index in [4.69, 9.17) is 4.74 Å². The van der Waals surface area contributed by atoms with Gasteiger partial charge in [0.25, 0.3) is 0 Å². The second-order valence-electron chi connectivity index (χ2n) is 6.87. The van der Waals surface area contributed by atoms with Gasteiger partial charge in [0.05, 0.1) is 25.2 Å². The highest BCUT2D eigenvalue weighted by Crippen LogP contribution is 2.32. The minimum atomic E-state index is -0.105. The van der Waals surface area contributed by atoms with E-state index in [1.165, 1.54) is 11.1 Å². The van der Waals surface area contributed by atoms with E-state index >= 15 is 0 Å². The fraction of sp³-hybridized carbons (Fsp3) is 0.261. The number of aryl methyl sites for hydroxylation is 1. The molecule has 4 heteroatoms. The Labute approximate surface area is 164 Å². The highest BCUT2D eigenvalue weighted by molar-refractivity contribution is 7.10. The fourth-order valence-corrected chi connectivity index (χ4v) is 4.36. The van der Waals surface area contributed by atoms with Crippen molar-refractivity contribution >= 4 is 17.2 Å². The van der Waals surface area contributed by atoms with Crippen LogP contribution in [0.2, 0.25) is 0 Å². The quantitative estimate of drug-likeness (QED) is 0.677. The van der Waals surface area contributed by atoms with Crippen molar-refractivity contribution in [2.75, 3.05) is 0 Å². The van der Waals surface area contributed by atoms with Crippen LogP contribution in [-0.4, -0.2) is 12.0 Å². The van der Waals surface area contributed by atoms with Crippen LogP contribution in [0.3, 0.4) is 0 Å². The molecule has 2 atom stereocenters. The summed E-state index contributed by atoms with van der Waals surface area (Å²) < 4.78 is 6.26. The van der Waals surface area contributed by atoms with Gasteiger partial charge in [0, 0.05) is 4.88 Å². The highest BCUT2D eigenvalue weighted by atomic mass is 32.1. The number of carbonyl (C=O) groups excluding carboxylic acids is 1. The molecule has 0 aliphatic heterocycles. The van der Waals surface area contributed by atoms with Gasteiger partial charge in [0.1, 0.15) is 0 Å². The number of ether oxygens (including phenoxy) is 1. The van der Waals surface area contributed by atoms with E-state index in [0.717, 1.165) is 23.3 Å². The molecule has 0 saturated heterocycles. The maximum atomic E-state index is 12.6. The molecule has 1 N–H and O–H groups in total. The van der Waals surface area contributed by atoms with Gasteiger partial charge in [0.15, 0.2) is 0 Å². The molecule has 4 rings (SSSR count). The van der Waals surface area contributed by atoms with Crippen molar-refractivity contribution in [2.24, 2.45) is 0 Å². The molecular weight excluding hydrogens is 354 g/mol. The molecule has 1 amide bonds. The molecule has 0 bridgehead atoms. The van der Waals surface area contributed by atoms with Crippen molar-refractivity contribution in [3.8, 4) is 0 Å². The molecule has 1 aliphatic carbocycles. The normalized spacial score (nSPS) is 18.7. The lowest BCUT2D eigenvalue weighted by molar-refractivity contribution is -0.122. The SMILES string of the molecule is O=C(Cc1cccs1)N[C@@H]1c2ccccc2CC[C@H]1OCc1ccccc1. The topological polar surface area (TPSA) is 38.3 Å². The molecule has 1 aromatic heterocycles. The Kier molecular flexibility index (Phi) is 5.66. The molecule has 0 spiro atoms. The number of hydrogen-bond acceptors (Lipinski definition) is 3. The Morgan fingerprint density at radius 2 is 1.85 bits per heavy atom. The average molecular weight is 378 g/mol. The van der Waals surface area contributed by atoms with Crippen molar-refractivity contribution in [1.82, 2.24) is 5.32 Å². The summed E-state index contributed by atoms with van der Waals surface area (Å²) in [6, 6.07) is 22.4. The van der Waals surface area contributed by atoms with Crippen LogP contribution in [0.5, 0.6) is 0 Å². The highest BCUT2D eigenvalue weighted by Gasteiger charge is 2.31. The number of fused-ring (bicyclic) bond motifs is 1. The van der Waals surface area contributed by atoms with Crippen molar-refractivity contribution in [2.45, 2.75) is 38.0 Å². The first-order chi connectivity index (χ1) is 13.3. The molecule has 1 heterocycles. The van der Waals surface area contributed by atoms with Gasteiger partial charge in [-0.25, -0.2) is 0 Å². The standard InChI is InChI=1S/C23H23NO2S/c25-22(15-19-10-6-14-27-19)24-23-20-11-5-4-9-18(20)12-13-21(23)26-16-17-7-2-1-3-8-17/h1-11,14,21,23H,12-13,15-16H2,(H,24,25)/t21-,23-/m1/s1. The summed E-state index contributed by atoms with van der Waals surface area (Å²) in [4.78, 5) is 13.7. The Morgan fingerprint density at radius 3 is 2.67 bits per heavy atom. The number of benzene rings is 2. The number of rotatable bonds is 6. The zero-order chi connectivity index (χ0) is 18.5. The minimum Gasteiger partial charge on any atom is -0.371 e. The summed E-state index contributed by atoms with van der Waals surface area (Å²) in [5.74, 6) is 0.0486. The van der Waals surface area contributed by atoms with E-state index in [9.17, 15) is 4.79 Å². The second-order valence-corrected chi connectivity index (χ2v) is 7.91. The predicted molar refractivity (Wildman–Crippen MR) is 109 cm³/mol. The van der Waals surface area contributed by atoms with Crippen molar-refractivity contribution in [1.29, 1.82) is 0 Å². The molecule has 1 aliphatic rings. The average Bonchev–Trinajstić information content (AvgIpc) is 3.21. The minimum absolute atomic E-state index is 0.0209. The third-order valence-electron chi connectivity index (χ3n) is 5.00. The summed E-state index contributed by atoms with van der Waals surface area (Å²) in [5.41, 5.74) is 3.64. The monoisotopic (exact) mass is 377 g/mol. The van der Waals surface area contributed by atoms with E-state index in [2.05, 4.69) is 35.6 Å². The van der Waals surface area contributed by atoms with Gasteiger partial charge in [-0.1, -0.05) is 60.7 Å². The van der Waals surface area contributed by atoms with Crippen molar-refractivity contribution in [3.05, 3.63) is 93.7 Å². The van der Waals surface area contributed by atoms with Gasteiger partial charge in [-0.05, 0) is 41.0 Å².